The van der Waals surface area contributed by atoms with Crippen LogP contribution in [-0.2, 0) is 9.59 Å². The fraction of sp³-hybridized carbons (Fsp3) is 0.500. The summed E-state index contributed by atoms with van der Waals surface area (Å²) >= 11 is 1.61. The zero-order valence-electron chi connectivity index (χ0n) is 13.0. The molecule has 0 aliphatic carbocycles. The van der Waals surface area contributed by atoms with Crippen LogP contribution in [-0.4, -0.2) is 23.0 Å². The van der Waals surface area contributed by atoms with Crippen molar-refractivity contribution in [2.75, 3.05) is 0 Å². The molecule has 4 nitrogen and oxygen atoms in total. The van der Waals surface area contributed by atoms with Crippen LogP contribution in [0, 0.1) is 12.3 Å². The number of hydrogen-bond acceptors (Lipinski definition) is 3. The van der Waals surface area contributed by atoms with Crippen LogP contribution in [0.1, 0.15) is 43.4 Å². The highest BCUT2D eigenvalue weighted by molar-refractivity contribution is 7.12. The Bertz CT molecular complexity index is 526. The van der Waals surface area contributed by atoms with E-state index in [4.69, 9.17) is 5.11 Å². The molecule has 21 heavy (non-hydrogen) atoms. The van der Waals surface area contributed by atoms with Gasteiger partial charge in [-0.2, -0.15) is 0 Å². The van der Waals surface area contributed by atoms with E-state index in [1.165, 1.54) is 11.0 Å². The van der Waals surface area contributed by atoms with E-state index < -0.39 is 5.97 Å². The summed E-state index contributed by atoms with van der Waals surface area (Å²) in [5.41, 5.74) is -0.0397. The van der Waals surface area contributed by atoms with Crippen molar-refractivity contribution in [2.45, 2.75) is 46.6 Å². The Morgan fingerprint density at radius 3 is 2.52 bits per heavy atom. The quantitative estimate of drug-likeness (QED) is 0.791. The summed E-state index contributed by atoms with van der Waals surface area (Å²) in [5.74, 6) is -1.15. The van der Waals surface area contributed by atoms with Gasteiger partial charge in [-0.3, -0.25) is 9.59 Å². The van der Waals surface area contributed by atoms with Crippen molar-refractivity contribution in [3.8, 4) is 0 Å². The van der Waals surface area contributed by atoms with Crippen LogP contribution >= 0.6 is 11.3 Å². The smallest absolute Gasteiger partial charge is 0.305 e. The fourth-order valence-corrected chi connectivity index (χ4v) is 2.85. The van der Waals surface area contributed by atoms with Gasteiger partial charge in [-0.1, -0.05) is 20.8 Å². The topological polar surface area (TPSA) is 66.4 Å². The molecule has 1 amide bonds. The SMILES string of the molecule is Cc1ccc(/C=C/C(=O)NC(CC(=O)O)CC(C)(C)C)s1. The van der Waals surface area contributed by atoms with Gasteiger partial charge in [0.15, 0.2) is 0 Å². The average molecular weight is 309 g/mol. The molecule has 0 aliphatic heterocycles. The highest BCUT2D eigenvalue weighted by Gasteiger charge is 2.22. The summed E-state index contributed by atoms with van der Waals surface area (Å²) < 4.78 is 0. The Kier molecular flexibility index (Phi) is 6.15. The van der Waals surface area contributed by atoms with Crippen molar-refractivity contribution in [3.63, 3.8) is 0 Å². The van der Waals surface area contributed by atoms with Gasteiger partial charge in [0, 0.05) is 21.9 Å². The highest BCUT2D eigenvalue weighted by atomic mass is 32.1. The number of carboxylic acid groups (broad SMARTS) is 1. The number of aliphatic carboxylic acids is 1. The van der Waals surface area contributed by atoms with E-state index in [-0.39, 0.29) is 23.8 Å². The van der Waals surface area contributed by atoms with E-state index in [2.05, 4.69) is 5.32 Å². The molecule has 0 bridgehead atoms. The van der Waals surface area contributed by atoms with E-state index in [0.717, 1.165) is 4.88 Å². The Morgan fingerprint density at radius 2 is 2.05 bits per heavy atom. The Morgan fingerprint density at radius 1 is 1.38 bits per heavy atom. The number of carboxylic acids is 1. The predicted molar refractivity (Wildman–Crippen MR) is 86.3 cm³/mol. The monoisotopic (exact) mass is 309 g/mol. The summed E-state index contributed by atoms with van der Waals surface area (Å²) in [4.78, 5) is 25.0. The van der Waals surface area contributed by atoms with Crippen molar-refractivity contribution in [1.29, 1.82) is 0 Å². The number of carbonyl (C=O) groups is 2. The number of hydrogen-bond donors (Lipinski definition) is 2. The van der Waals surface area contributed by atoms with Gasteiger partial charge in [0.1, 0.15) is 0 Å². The lowest BCUT2D eigenvalue weighted by Gasteiger charge is -2.25. The second-order valence-electron chi connectivity index (χ2n) is 6.35. The molecule has 1 aromatic rings. The molecule has 1 unspecified atom stereocenters. The molecule has 0 saturated heterocycles. The van der Waals surface area contributed by atoms with Crippen molar-refractivity contribution >= 4 is 29.3 Å². The van der Waals surface area contributed by atoms with Crippen molar-refractivity contribution < 1.29 is 14.7 Å². The number of amides is 1. The van der Waals surface area contributed by atoms with Gasteiger partial charge < -0.3 is 10.4 Å². The van der Waals surface area contributed by atoms with Crippen molar-refractivity contribution in [3.05, 3.63) is 28.0 Å². The number of nitrogens with one attached hydrogen (secondary N) is 1. The molecule has 0 saturated carbocycles. The van der Waals surface area contributed by atoms with Crippen molar-refractivity contribution in [2.24, 2.45) is 5.41 Å². The van der Waals surface area contributed by atoms with Gasteiger partial charge in [-0.05, 0) is 37.0 Å². The van der Waals surface area contributed by atoms with Crippen LogP contribution in [0.15, 0.2) is 18.2 Å². The van der Waals surface area contributed by atoms with Gasteiger partial charge >= 0.3 is 5.97 Å². The first kappa shape index (κ1) is 17.4. The lowest BCUT2D eigenvalue weighted by atomic mass is 9.87. The Hall–Kier alpha value is -1.62. The van der Waals surface area contributed by atoms with Crippen LogP contribution in [0.2, 0.25) is 0 Å². The van der Waals surface area contributed by atoms with Crippen molar-refractivity contribution in [1.82, 2.24) is 5.32 Å². The lowest BCUT2D eigenvalue weighted by molar-refractivity contribution is -0.137. The number of aryl methyl sites for hydroxylation is 1. The van der Waals surface area contributed by atoms with Gasteiger partial charge in [-0.15, -0.1) is 11.3 Å². The molecular weight excluding hydrogens is 286 g/mol. The maximum atomic E-state index is 11.9. The molecule has 0 spiro atoms. The van der Waals surface area contributed by atoms with Gasteiger partial charge in [0.25, 0.3) is 0 Å². The molecule has 1 rings (SSSR count). The molecule has 2 N–H and O–H groups in total. The summed E-state index contributed by atoms with van der Waals surface area (Å²) in [6.07, 6.45) is 3.77. The maximum Gasteiger partial charge on any atom is 0.305 e. The Balaban J connectivity index is 2.62. The molecule has 0 aromatic carbocycles. The first-order valence-corrected chi connectivity index (χ1v) is 7.74. The summed E-state index contributed by atoms with van der Waals surface area (Å²) in [7, 11) is 0. The zero-order valence-corrected chi connectivity index (χ0v) is 13.8. The third-order valence-electron chi connectivity index (χ3n) is 2.79. The maximum absolute atomic E-state index is 11.9. The molecule has 5 heteroatoms. The van der Waals surface area contributed by atoms with E-state index in [9.17, 15) is 9.59 Å². The van der Waals surface area contributed by atoms with E-state index in [1.54, 1.807) is 17.4 Å². The molecule has 0 radical (unpaired) electrons. The zero-order chi connectivity index (χ0) is 16.0. The summed E-state index contributed by atoms with van der Waals surface area (Å²) in [6.45, 7) is 8.09. The Labute approximate surface area is 129 Å². The third kappa shape index (κ3) is 7.66. The molecule has 1 atom stereocenters. The molecule has 0 fully saturated rings. The standard InChI is InChI=1S/C16H23NO3S/c1-11-5-6-13(21-11)7-8-14(18)17-12(9-15(19)20)10-16(2,3)4/h5-8,12H,9-10H2,1-4H3,(H,17,18)(H,19,20)/b8-7+. The minimum absolute atomic E-state index is 0.0397. The van der Waals surface area contributed by atoms with Gasteiger partial charge in [0.2, 0.25) is 5.91 Å². The van der Waals surface area contributed by atoms with E-state index in [1.807, 2.05) is 39.8 Å². The average Bonchev–Trinajstić information content (AvgIpc) is 2.69. The number of rotatable bonds is 6. The van der Waals surface area contributed by atoms with Crippen LogP contribution in [0.3, 0.4) is 0 Å². The van der Waals surface area contributed by atoms with Gasteiger partial charge in [-0.25, -0.2) is 0 Å². The van der Waals surface area contributed by atoms with Crippen LogP contribution in [0.4, 0.5) is 0 Å². The third-order valence-corrected chi connectivity index (χ3v) is 3.75. The molecule has 0 aliphatic rings. The number of carbonyl (C=O) groups excluding carboxylic acids is 1. The fourth-order valence-electron chi connectivity index (χ4n) is 2.07. The van der Waals surface area contributed by atoms with Crippen LogP contribution in [0.25, 0.3) is 6.08 Å². The van der Waals surface area contributed by atoms with Crippen LogP contribution in [0.5, 0.6) is 0 Å². The first-order chi connectivity index (χ1) is 9.65. The molecule has 1 aromatic heterocycles. The minimum atomic E-state index is -0.901. The molecular formula is C16H23NO3S. The molecule has 116 valence electrons. The largest absolute Gasteiger partial charge is 0.481 e. The van der Waals surface area contributed by atoms with Crippen LogP contribution < -0.4 is 5.32 Å². The van der Waals surface area contributed by atoms with E-state index >= 15 is 0 Å². The van der Waals surface area contributed by atoms with Gasteiger partial charge in [0.05, 0.1) is 6.42 Å². The molecule has 1 heterocycles. The lowest BCUT2D eigenvalue weighted by Crippen LogP contribution is -2.38. The summed E-state index contributed by atoms with van der Waals surface area (Å²) in [5, 5.41) is 11.7. The minimum Gasteiger partial charge on any atom is -0.481 e. The highest BCUT2D eigenvalue weighted by Crippen LogP contribution is 2.22. The normalized spacial score (nSPS) is 13.3. The predicted octanol–water partition coefficient (Wildman–Crippen LogP) is 3.47. The second-order valence-corrected chi connectivity index (χ2v) is 7.67. The number of thiophene rings is 1. The second kappa shape index (κ2) is 7.41. The first-order valence-electron chi connectivity index (χ1n) is 6.92. The van der Waals surface area contributed by atoms with E-state index in [0.29, 0.717) is 6.42 Å². The summed E-state index contributed by atoms with van der Waals surface area (Å²) in [6, 6.07) is 3.59.